The van der Waals surface area contributed by atoms with Crippen LogP contribution in [0.3, 0.4) is 0 Å². The van der Waals surface area contributed by atoms with E-state index in [-0.39, 0.29) is 5.91 Å². The Labute approximate surface area is 173 Å². The van der Waals surface area contributed by atoms with Crippen LogP contribution in [0.2, 0.25) is 0 Å². The van der Waals surface area contributed by atoms with E-state index in [1.807, 2.05) is 17.5 Å². The van der Waals surface area contributed by atoms with Gasteiger partial charge in [0.1, 0.15) is 0 Å². The van der Waals surface area contributed by atoms with Crippen molar-refractivity contribution in [1.29, 1.82) is 0 Å². The predicted molar refractivity (Wildman–Crippen MR) is 120 cm³/mol. The van der Waals surface area contributed by atoms with Crippen LogP contribution in [0.15, 0.2) is 41.8 Å². The molecule has 3 saturated carbocycles. The fourth-order valence-corrected chi connectivity index (χ4v) is 6.47. The van der Waals surface area contributed by atoms with Crippen molar-refractivity contribution in [3.05, 3.63) is 47.4 Å². The van der Waals surface area contributed by atoms with Gasteiger partial charge in [0.2, 0.25) is 0 Å². The highest BCUT2D eigenvalue weighted by molar-refractivity contribution is 7.17. The van der Waals surface area contributed by atoms with Gasteiger partial charge in [-0.05, 0) is 54.9 Å². The van der Waals surface area contributed by atoms with Crippen molar-refractivity contribution in [1.82, 2.24) is 5.32 Å². The second-order valence-electron chi connectivity index (χ2n) is 9.33. The maximum absolute atomic E-state index is 13.1. The molecule has 0 spiro atoms. The molecule has 2 aromatic rings. The number of unbranched alkanes of at least 4 members (excludes halogenated alkanes) is 2. The van der Waals surface area contributed by atoms with Crippen LogP contribution in [0.5, 0.6) is 0 Å². The minimum atomic E-state index is 0.113. The Hall–Kier alpha value is -1.61. The van der Waals surface area contributed by atoms with Crippen molar-refractivity contribution in [2.45, 2.75) is 65.3 Å². The Kier molecular flexibility index (Phi) is 5.64. The van der Waals surface area contributed by atoms with Gasteiger partial charge in [-0.3, -0.25) is 4.79 Å². The number of carbonyl (C=O) groups excluding carboxylic acids is 1. The molecule has 1 aromatic heterocycles. The van der Waals surface area contributed by atoms with E-state index in [4.69, 9.17) is 0 Å². The first-order valence-electron chi connectivity index (χ1n) is 10.9. The molecule has 3 aliphatic rings. The second kappa shape index (κ2) is 8.02. The van der Waals surface area contributed by atoms with Crippen molar-refractivity contribution in [3.63, 3.8) is 0 Å². The Morgan fingerprint density at radius 1 is 1.25 bits per heavy atom. The number of rotatable bonds is 7. The minimum absolute atomic E-state index is 0.113. The van der Waals surface area contributed by atoms with Crippen LogP contribution in [0, 0.1) is 23.2 Å². The number of hydrogen-bond donors (Lipinski definition) is 1. The van der Waals surface area contributed by atoms with Crippen molar-refractivity contribution in [3.8, 4) is 0 Å². The molecule has 3 aliphatic carbocycles. The summed E-state index contributed by atoms with van der Waals surface area (Å²) < 4.78 is 1.19. The fraction of sp³-hybridized carbons (Fsp3) is 0.560. The van der Waals surface area contributed by atoms with Crippen molar-refractivity contribution in [2.24, 2.45) is 23.2 Å². The molecule has 2 nitrogen and oxygen atoms in total. The van der Waals surface area contributed by atoms with E-state index in [1.165, 1.54) is 30.4 Å². The highest BCUT2D eigenvalue weighted by Crippen LogP contribution is 2.62. The third kappa shape index (κ3) is 3.54. The zero-order valence-corrected chi connectivity index (χ0v) is 18.2. The number of amides is 1. The summed E-state index contributed by atoms with van der Waals surface area (Å²) in [5.41, 5.74) is 1.27. The molecular formula is C25H33NOS. The molecule has 1 heterocycles. The number of hydrogen-bond acceptors (Lipinski definition) is 2. The van der Waals surface area contributed by atoms with Gasteiger partial charge in [-0.15, -0.1) is 11.3 Å². The predicted octanol–water partition coefficient (Wildman–Crippen LogP) is 6.82. The SMILES string of the molecule is CCCC/C=C\CC1C(NC(=O)c2csc3ccccc23)CC2CC1C2(C)C. The maximum Gasteiger partial charge on any atom is 0.252 e. The average molecular weight is 396 g/mol. The first kappa shape index (κ1) is 19.7. The van der Waals surface area contributed by atoms with Crippen LogP contribution in [-0.4, -0.2) is 11.9 Å². The first-order valence-corrected chi connectivity index (χ1v) is 11.8. The number of fused-ring (bicyclic) bond motifs is 3. The first-order chi connectivity index (χ1) is 13.5. The van der Waals surface area contributed by atoms with Gasteiger partial charge in [-0.2, -0.15) is 0 Å². The lowest BCUT2D eigenvalue weighted by Gasteiger charge is -2.62. The Balaban J connectivity index is 1.48. The average Bonchev–Trinajstić information content (AvgIpc) is 3.12. The Morgan fingerprint density at radius 3 is 2.86 bits per heavy atom. The maximum atomic E-state index is 13.1. The molecule has 3 fully saturated rings. The minimum Gasteiger partial charge on any atom is -0.349 e. The number of carbonyl (C=O) groups is 1. The van der Waals surface area contributed by atoms with E-state index in [1.54, 1.807) is 11.3 Å². The summed E-state index contributed by atoms with van der Waals surface area (Å²) in [6, 6.07) is 8.53. The normalized spacial score (nSPS) is 28.4. The quantitative estimate of drug-likeness (QED) is 0.404. The molecule has 150 valence electrons. The van der Waals surface area contributed by atoms with E-state index < -0.39 is 0 Å². The Morgan fingerprint density at radius 2 is 2.07 bits per heavy atom. The molecule has 0 saturated heterocycles. The molecule has 28 heavy (non-hydrogen) atoms. The zero-order valence-electron chi connectivity index (χ0n) is 17.4. The van der Waals surface area contributed by atoms with E-state index in [9.17, 15) is 4.79 Å². The van der Waals surface area contributed by atoms with Crippen LogP contribution in [0.25, 0.3) is 10.1 Å². The van der Waals surface area contributed by atoms with Crippen molar-refractivity contribution < 1.29 is 4.79 Å². The third-order valence-corrected chi connectivity index (χ3v) is 8.42. The summed E-state index contributed by atoms with van der Waals surface area (Å²) in [5.74, 6) is 2.15. The van der Waals surface area contributed by atoms with Crippen LogP contribution in [0.1, 0.15) is 69.7 Å². The van der Waals surface area contributed by atoms with Gasteiger partial charge in [0.25, 0.3) is 5.91 Å². The van der Waals surface area contributed by atoms with Gasteiger partial charge in [0.15, 0.2) is 0 Å². The molecule has 1 N–H and O–H groups in total. The topological polar surface area (TPSA) is 29.1 Å². The molecule has 4 unspecified atom stereocenters. The third-order valence-electron chi connectivity index (χ3n) is 7.46. The highest BCUT2D eigenvalue weighted by Gasteiger charge is 2.57. The molecular weight excluding hydrogens is 362 g/mol. The highest BCUT2D eigenvalue weighted by atomic mass is 32.1. The van der Waals surface area contributed by atoms with E-state index >= 15 is 0 Å². The zero-order chi connectivity index (χ0) is 19.7. The van der Waals surface area contributed by atoms with Crippen molar-refractivity contribution >= 4 is 27.3 Å². The summed E-state index contributed by atoms with van der Waals surface area (Å²) in [7, 11) is 0. The summed E-state index contributed by atoms with van der Waals surface area (Å²) in [5, 5.41) is 6.55. The van der Waals surface area contributed by atoms with Crippen LogP contribution in [-0.2, 0) is 0 Å². The largest absolute Gasteiger partial charge is 0.349 e. The molecule has 1 amide bonds. The van der Waals surface area contributed by atoms with Gasteiger partial charge in [-0.25, -0.2) is 0 Å². The molecule has 3 heteroatoms. The number of benzene rings is 1. The summed E-state index contributed by atoms with van der Waals surface area (Å²) in [4.78, 5) is 13.1. The molecule has 0 aliphatic heterocycles. The standard InChI is InChI=1S/C25H33NOS/c1-4-5-6-7-8-12-19-21-14-17(25(21,2)3)15-22(19)26-24(27)20-16-28-23-13-10-9-11-18(20)23/h7-11,13,16-17,19,21-22H,4-6,12,14-15H2,1-3H3,(H,26,27)/b8-7-. The summed E-state index contributed by atoms with van der Waals surface area (Å²) in [6.45, 7) is 7.11. The van der Waals surface area contributed by atoms with Crippen molar-refractivity contribution in [2.75, 3.05) is 0 Å². The lowest BCUT2D eigenvalue weighted by Crippen LogP contribution is -2.61. The second-order valence-corrected chi connectivity index (χ2v) is 10.2. The van der Waals surface area contributed by atoms with E-state index in [0.29, 0.717) is 17.4 Å². The smallest absolute Gasteiger partial charge is 0.252 e. The summed E-state index contributed by atoms with van der Waals surface area (Å²) >= 11 is 1.66. The van der Waals surface area contributed by atoms with Gasteiger partial charge >= 0.3 is 0 Å². The van der Waals surface area contributed by atoms with Gasteiger partial charge in [-0.1, -0.05) is 64.0 Å². The number of allylic oxidation sites excluding steroid dienone is 2. The van der Waals surface area contributed by atoms with E-state index in [0.717, 1.165) is 35.6 Å². The lowest BCUT2D eigenvalue weighted by atomic mass is 9.44. The van der Waals surface area contributed by atoms with Crippen LogP contribution < -0.4 is 5.32 Å². The summed E-state index contributed by atoms with van der Waals surface area (Å²) in [6.07, 6.45) is 12.0. The number of nitrogens with one attached hydrogen (secondary N) is 1. The molecule has 1 aromatic carbocycles. The molecule has 5 rings (SSSR count). The van der Waals surface area contributed by atoms with E-state index in [2.05, 4.69) is 50.4 Å². The van der Waals surface area contributed by atoms with Crippen LogP contribution in [0.4, 0.5) is 0 Å². The van der Waals surface area contributed by atoms with Gasteiger partial charge < -0.3 is 5.32 Å². The number of thiophene rings is 1. The molecule has 4 atom stereocenters. The van der Waals surface area contributed by atoms with Gasteiger partial charge in [0, 0.05) is 21.5 Å². The lowest BCUT2D eigenvalue weighted by molar-refractivity contribution is -0.117. The monoisotopic (exact) mass is 395 g/mol. The fourth-order valence-electron chi connectivity index (χ4n) is 5.53. The molecule has 0 radical (unpaired) electrons. The Bertz CT molecular complexity index is 864. The van der Waals surface area contributed by atoms with Gasteiger partial charge in [0.05, 0.1) is 5.56 Å². The van der Waals surface area contributed by atoms with Crippen LogP contribution >= 0.6 is 11.3 Å². The molecule has 2 bridgehead atoms.